The number of carbonyl (C=O) groups excluding carboxylic acids is 1. The van der Waals surface area contributed by atoms with E-state index in [4.69, 9.17) is 9.72 Å². The van der Waals surface area contributed by atoms with E-state index in [1.54, 1.807) is 24.6 Å². The first-order valence-electron chi connectivity index (χ1n) is 6.61. The van der Waals surface area contributed by atoms with Gasteiger partial charge in [0.05, 0.1) is 19.2 Å². The third-order valence-corrected chi connectivity index (χ3v) is 4.92. The second-order valence-corrected chi connectivity index (χ2v) is 6.69. The fourth-order valence-electron chi connectivity index (χ4n) is 2.42. The number of aldehydes is 1. The van der Waals surface area contributed by atoms with E-state index < -0.39 is 0 Å². The molecule has 0 unspecified atom stereocenters. The van der Waals surface area contributed by atoms with Crippen molar-refractivity contribution in [3.63, 3.8) is 0 Å². The van der Waals surface area contributed by atoms with Crippen LogP contribution in [0.25, 0.3) is 10.6 Å². The Morgan fingerprint density at radius 3 is 3.19 bits per heavy atom. The van der Waals surface area contributed by atoms with Crippen molar-refractivity contribution in [2.45, 2.75) is 12.8 Å². The Hall–Kier alpha value is -1.47. The number of methoxy groups -OCH3 is 1. The van der Waals surface area contributed by atoms with Crippen molar-refractivity contribution in [2.75, 3.05) is 25.1 Å². The molecule has 0 spiro atoms. The molecule has 2 aromatic rings. The molecule has 0 amide bonds. The van der Waals surface area contributed by atoms with Crippen LogP contribution in [0.4, 0.5) is 5.82 Å². The molecule has 7 heteroatoms. The number of thiazole rings is 1. The van der Waals surface area contributed by atoms with E-state index >= 15 is 0 Å². The Morgan fingerprint density at radius 2 is 2.43 bits per heavy atom. The van der Waals surface area contributed by atoms with Gasteiger partial charge in [0.15, 0.2) is 0 Å². The summed E-state index contributed by atoms with van der Waals surface area (Å²) in [6.07, 6.45) is 4.69. The lowest BCUT2D eigenvalue weighted by Gasteiger charge is -2.25. The summed E-state index contributed by atoms with van der Waals surface area (Å²) >= 11 is 5.08. The van der Waals surface area contributed by atoms with Gasteiger partial charge in [-0.05, 0) is 34.8 Å². The lowest BCUT2D eigenvalue weighted by atomic mass is 10.2. The zero-order chi connectivity index (χ0) is 14.8. The number of fused-ring (bicyclic) bond motifs is 1. The van der Waals surface area contributed by atoms with Gasteiger partial charge in [0.1, 0.15) is 17.1 Å². The lowest BCUT2D eigenvalue weighted by Crippen LogP contribution is -2.30. The predicted octanol–water partition coefficient (Wildman–Crippen LogP) is 2.93. The van der Waals surface area contributed by atoms with Crippen LogP contribution in [0.5, 0.6) is 5.88 Å². The number of nitrogens with zero attached hydrogens (tertiary/aromatic N) is 3. The molecule has 0 atom stereocenters. The molecule has 110 valence electrons. The van der Waals surface area contributed by atoms with Crippen LogP contribution in [0.3, 0.4) is 0 Å². The lowest BCUT2D eigenvalue weighted by molar-refractivity contribution is -0.106. The zero-order valence-corrected chi connectivity index (χ0v) is 13.9. The molecule has 1 aliphatic rings. The highest BCUT2D eigenvalue weighted by Crippen LogP contribution is 2.39. The van der Waals surface area contributed by atoms with Crippen LogP contribution in [-0.4, -0.2) is 36.5 Å². The van der Waals surface area contributed by atoms with Gasteiger partial charge in [-0.2, -0.15) is 0 Å². The van der Waals surface area contributed by atoms with E-state index in [0.717, 1.165) is 46.5 Å². The fourth-order valence-corrected chi connectivity index (χ4v) is 3.88. The molecule has 3 rings (SSSR count). The number of aryl methyl sites for hydroxylation is 1. The topological polar surface area (TPSA) is 55.3 Å². The molecule has 0 saturated carbocycles. The minimum absolute atomic E-state index is 0.393. The van der Waals surface area contributed by atoms with E-state index in [1.165, 1.54) is 4.88 Å². The molecule has 21 heavy (non-hydrogen) atoms. The summed E-state index contributed by atoms with van der Waals surface area (Å²) in [5.41, 5.74) is 0.873. The molecule has 0 radical (unpaired) electrons. The summed E-state index contributed by atoms with van der Waals surface area (Å²) in [6.45, 7) is 1.27. The summed E-state index contributed by atoms with van der Waals surface area (Å²) < 4.78 is 6.21. The molecule has 0 fully saturated rings. The fraction of sp³-hybridized carbons (Fsp3) is 0.357. The van der Waals surface area contributed by atoms with Crippen molar-refractivity contribution >= 4 is 39.4 Å². The Kier molecular flexibility index (Phi) is 4.21. The van der Waals surface area contributed by atoms with Gasteiger partial charge in [-0.1, -0.05) is 0 Å². The van der Waals surface area contributed by atoms with Gasteiger partial charge in [0.25, 0.3) is 0 Å². The van der Waals surface area contributed by atoms with Gasteiger partial charge >= 0.3 is 0 Å². The third kappa shape index (κ3) is 2.80. The van der Waals surface area contributed by atoms with Crippen molar-refractivity contribution in [1.82, 2.24) is 9.97 Å². The number of rotatable bonds is 4. The molecule has 5 nitrogen and oxygen atoms in total. The van der Waals surface area contributed by atoms with Crippen molar-refractivity contribution in [2.24, 2.45) is 0 Å². The maximum absolute atomic E-state index is 10.8. The monoisotopic (exact) mass is 367 g/mol. The van der Waals surface area contributed by atoms with Crippen LogP contribution in [0.1, 0.15) is 11.3 Å². The summed E-state index contributed by atoms with van der Waals surface area (Å²) in [7, 11) is 1.60. The number of carbonyl (C=O) groups is 1. The summed E-state index contributed by atoms with van der Waals surface area (Å²) in [5, 5.41) is 0.878. The highest BCUT2D eigenvalue weighted by molar-refractivity contribution is 9.10. The van der Waals surface area contributed by atoms with Crippen molar-refractivity contribution in [3.05, 3.63) is 21.6 Å². The van der Waals surface area contributed by atoms with Crippen LogP contribution in [-0.2, 0) is 11.2 Å². The molecule has 0 aliphatic carbocycles. The number of pyridine rings is 1. The second kappa shape index (κ2) is 6.11. The molecule has 0 saturated heterocycles. The van der Waals surface area contributed by atoms with E-state index in [9.17, 15) is 4.79 Å². The second-order valence-electron chi connectivity index (χ2n) is 4.69. The van der Waals surface area contributed by atoms with Gasteiger partial charge < -0.3 is 14.4 Å². The van der Waals surface area contributed by atoms with Crippen LogP contribution in [0.2, 0.25) is 0 Å². The van der Waals surface area contributed by atoms with E-state index in [0.29, 0.717) is 12.4 Å². The number of halogens is 1. The van der Waals surface area contributed by atoms with Crippen LogP contribution >= 0.6 is 27.3 Å². The number of hydrogen-bond donors (Lipinski definition) is 0. The Labute approximate surface area is 135 Å². The molecule has 2 aromatic heterocycles. The Balaban J connectivity index is 2.05. The zero-order valence-electron chi connectivity index (χ0n) is 11.5. The quantitative estimate of drug-likeness (QED) is 0.777. The predicted molar refractivity (Wildman–Crippen MR) is 86.2 cm³/mol. The van der Waals surface area contributed by atoms with Crippen LogP contribution in [0, 0.1) is 0 Å². The van der Waals surface area contributed by atoms with Gasteiger partial charge in [0.2, 0.25) is 5.88 Å². The van der Waals surface area contributed by atoms with Gasteiger partial charge in [-0.15, -0.1) is 11.3 Å². The first-order valence-corrected chi connectivity index (χ1v) is 8.22. The molecular formula is C14H14BrN3O2S. The summed E-state index contributed by atoms with van der Waals surface area (Å²) in [4.78, 5) is 23.0. The summed E-state index contributed by atoms with van der Waals surface area (Å²) in [6, 6.07) is 1.96. The van der Waals surface area contributed by atoms with Crippen LogP contribution in [0.15, 0.2) is 16.7 Å². The van der Waals surface area contributed by atoms with E-state index in [1.807, 2.05) is 11.0 Å². The summed E-state index contributed by atoms with van der Waals surface area (Å²) in [5.74, 6) is 1.49. The highest BCUT2D eigenvalue weighted by atomic mass is 79.9. The maximum atomic E-state index is 10.8. The number of anilines is 1. The number of hydrogen-bond acceptors (Lipinski definition) is 6. The van der Waals surface area contributed by atoms with Crippen molar-refractivity contribution in [3.8, 4) is 16.5 Å². The van der Waals surface area contributed by atoms with Crippen molar-refractivity contribution < 1.29 is 9.53 Å². The van der Waals surface area contributed by atoms with E-state index in [-0.39, 0.29) is 0 Å². The van der Waals surface area contributed by atoms with Gasteiger partial charge in [-0.3, -0.25) is 0 Å². The first-order chi connectivity index (χ1) is 10.2. The maximum Gasteiger partial charge on any atom is 0.223 e. The normalized spacial score (nSPS) is 13.9. The average molecular weight is 368 g/mol. The van der Waals surface area contributed by atoms with Gasteiger partial charge in [0, 0.05) is 22.1 Å². The van der Waals surface area contributed by atoms with Crippen molar-refractivity contribution in [1.29, 1.82) is 0 Å². The SMILES string of the molecule is COc1ncc(Br)cc1-c1nc2c(s1)CCCN2CC=O. The largest absolute Gasteiger partial charge is 0.480 e. The number of ether oxygens (including phenoxy) is 1. The van der Waals surface area contributed by atoms with E-state index in [2.05, 4.69) is 20.9 Å². The standard InChI is InChI=1S/C14H14BrN3O2S/c1-20-13-10(7-9(15)8-16-13)14-17-12-11(21-14)3-2-4-18(12)5-6-19/h6-8H,2-5H2,1H3. The molecule has 0 aromatic carbocycles. The minimum Gasteiger partial charge on any atom is -0.480 e. The van der Waals surface area contributed by atoms with Gasteiger partial charge in [-0.25, -0.2) is 9.97 Å². The first kappa shape index (κ1) is 14.5. The molecule has 0 bridgehead atoms. The van der Waals surface area contributed by atoms with Crippen LogP contribution < -0.4 is 9.64 Å². The highest BCUT2D eigenvalue weighted by Gasteiger charge is 2.23. The molecule has 3 heterocycles. The Bertz CT molecular complexity index is 674. The Morgan fingerprint density at radius 1 is 1.57 bits per heavy atom. The minimum atomic E-state index is 0.393. The smallest absolute Gasteiger partial charge is 0.223 e. The third-order valence-electron chi connectivity index (χ3n) is 3.34. The molecule has 0 N–H and O–H groups in total. The average Bonchev–Trinajstić information content (AvgIpc) is 2.92. The number of aromatic nitrogens is 2. The molecule has 1 aliphatic heterocycles. The molecular weight excluding hydrogens is 354 g/mol.